The quantitative estimate of drug-likeness (QED) is 0.846. The number of hydrogen-bond acceptors (Lipinski definition) is 3. The van der Waals surface area contributed by atoms with Gasteiger partial charge in [0.2, 0.25) is 0 Å². The van der Waals surface area contributed by atoms with Crippen LogP contribution in [0.2, 0.25) is 0 Å². The number of nitrogens with zero attached hydrogens (tertiary/aromatic N) is 2. The van der Waals surface area contributed by atoms with Crippen molar-refractivity contribution in [2.45, 2.75) is 26.7 Å². The van der Waals surface area contributed by atoms with Crippen molar-refractivity contribution < 1.29 is 9.18 Å². The minimum Gasteiger partial charge on any atom is -0.300 e. The molecule has 0 amide bonds. The lowest BCUT2D eigenvalue weighted by Crippen LogP contribution is -2.00. The van der Waals surface area contributed by atoms with Crippen LogP contribution in [-0.4, -0.2) is 15.8 Å². The largest absolute Gasteiger partial charge is 0.300 e. The molecule has 1 aromatic carbocycles. The first-order valence-electron chi connectivity index (χ1n) is 6.14. The molecule has 0 unspecified atom stereocenters. The maximum Gasteiger partial charge on any atom is 0.130 e. The number of Topliss-reactive ketones (excluding diaryl/α,β-unsaturated/α-hetero) is 1. The maximum absolute atomic E-state index is 13.2. The minimum atomic E-state index is -0.227. The molecule has 0 aliphatic carbocycles. The molecule has 0 radical (unpaired) electrons. The molecule has 0 fully saturated rings. The van der Waals surface area contributed by atoms with E-state index in [1.807, 2.05) is 0 Å². The Morgan fingerprint density at radius 3 is 2.79 bits per heavy atom. The second-order valence-electron chi connectivity index (χ2n) is 4.52. The minimum absolute atomic E-state index is 0.117. The smallest absolute Gasteiger partial charge is 0.130 e. The highest BCUT2D eigenvalue weighted by Crippen LogP contribution is 2.19. The van der Waals surface area contributed by atoms with Gasteiger partial charge in [0, 0.05) is 24.6 Å². The normalized spacial score (nSPS) is 10.5. The van der Waals surface area contributed by atoms with Crippen molar-refractivity contribution in [3.8, 4) is 11.3 Å². The predicted octanol–water partition coefficient (Wildman–Crippen LogP) is 3.11. The van der Waals surface area contributed by atoms with E-state index in [1.165, 1.54) is 6.07 Å². The summed E-state index contributed by atoms with van der Waals surface area (Å²) in [5, 5.41) is 0. The molecular weight excluding hydrogens is 243 g/mol. The average molecular weight is 258 g/mol. The van der Waals surface area contributed by atoms with Crippen molar-refractivity contribution in [2.75, 3.05) is 0 Å². The standard InChI is InChI=1S/C15H15FN2O/c1-10-9-12(4-5-13(10)16)14-7-8-17-15(18-14)6-3-11(2)19/h4-5,7-9H,3,6H2,1-2H3. The Morgan fingerprint density at radius 2 is 2.11 bits per heavy atom. The SMILES string of the molecule is CC(=O)CCc1nccc(-c2ccc(F)c(C)c2)n1. The summed E-state index contributed by atoms with van der Waals surface area (Å²) in [6, 6.07) is 6.66. The van der Waals surface area contributed by atoms with Gasteiger partial charge in [-0.05, 0) is 43.7 Å². The van der Waals surface area contributed by atoms with Crippen LogP contribution in [0.1, 0.15) is 24.7 Å². The summed E-state index contributed by atoms with van der Waals surface area (Å²) in [5.41, 5.74) is 2.18. The summed E-state index contributed by atoms with van der Waals surface area (Å²) >= 11 is 0. The molecule has 0 spiro atoms. The second kappa shape index (κ2) is 5.69. The second-order valence-corrected chi connectivity index (χ2v) is 4.52. The van der Waals surface area contributed by atoms with Gasteiger partial charge >= 0.3 is 0 Å². The molecule has 0 saturated carbocycles. The van der Waals surface area contributed by atoms with Crippen molar-refractivity contribution in [3.63, 3.8) is 0 Å². The fraction of sp³-hybridized carbons (Fsp3) is 0.267. The summed E-state index contributed by atoms with van der Waals surface area (Å²) in [6.45, 7) is 3.27. The molecule has 0 aliphatic heterocycles. The zero-order valence-electron chi connectivity index (χ0n) is 11.0. The Kier molecular flexibility index (Phi) is 4.00. The van der Waals surface area contributed by atoms with Gasteiger partial charge in [0.15, 0.2) is 0 Å². The first-order valence-corrected chi connectivity index (χ1v) is 6.14. The van der Waals surface area contributed by atoms with Crippen LogP contribution in [0, 0.1) is 12.7 Å². The zero-order valence-corrected chi connectivity index (χ0v) is 11.0. The van der Waals surface area contributed by atoms with Crippen LogP contribution in [0.25, 0.3) is 11.3 Å². The topological polar surface area (TPSA) is 42.9 Å². The molecule has 0 aliphatic rings. The van der Waals surface area contributed by atoms with E-state index in [-0.39, 0.29) is 11.6 Å². The molecule has 2 rings (SSSR count). The van der Waals surface area contributed by atoms with E-state index < -0.39 is 0 Å². The first kappa shape index (κ1) is 13.3. The van der Waals surface area contributed by atoms with E-state index in [2.05, 4.69) is 9.97 Å². The van der Waals surface area contributed by atoms with Crippen LogP contribution in [-0.2, 0) is 11.2 Å². The lowest BCUT2D eigenvalue weighted by atomic mass is 10.1. The van der Waals surface area contributed by atoms with Crippen molar-refractivity contribution in [1.29, 1.82) is 0 Å². The van der Waals surface area contributed by atoms with E-state index in [1.54, 1.807) is 38.2 Å². The summed E-state index contributed by atoms with van der Waals surface area (Å²) in [5.74, 6) is 0.524. The third kappa shape index (κ3) is 3.44. The number of aromatic nitrogens is 2. The number of carbonyl (C=O) groups excluding carboxylic acids is 1. The molecule has 19 heavy (non-hydrogen) atoms. The maximum atomic E-state index is 13.2. The Balaban J connectivity index is 2.27. The highest BCUT2D eigenvalue weighted by Gasteiger charge is 2.05. The summed E-state index contributed by atoms with van der Waals surface area (Å²) < 4.78 is 13.2. The van der Waals surface area contributed by atoms with Gasteiger partial charge in [-0.2, -0.15) is 0 Å². The van der Waals surface area contributed by atoms with Gasteiger partial charge in [-0.1, -0.05) is 0 Å². The number of halogens is 1. The van der Waals surface area contributed by atoms with Gasteiger partial charge < -0.3 is 4.79 Å². The van der Waals surface area contributed by atoms with Crippen LogP contribution in [0.4, 0.5) is 4.39 Å². The number of benzene rings is 1. The van der Waals surface area contributed by atoms with E-state index >= 15 is 0 Å². The number of carbonyl (C=O) groups is 1. The molecule has 3 nitrogen and oxygen atoms in total. The number of hydrogen-bond donors (Lipinski definition) is 0. The van der Waals surface area contributed by atoms with E-state index in [0.717, 1.165) is 11.3 Å². The van der Waals surface area contributed by atoms with Crippen molar-refractivity contribution in [1.82, 2.24) is 9.97 Å². The summed E-state index contributed by atoms with van der Waals surface area (Å²) in [7, 11) is 0. The predicted molar refractivity (Wildman–Crippen MR) is 71.2 cm³/mol. The molecule has 0 bridgehead atoms. The molecule has 2 aromatic rings. The summed E-state index contributed by atoms with van der Waals surface area (Å²) in [6.07, 6.45) is 2.63. The Labute approximate surface area is 111 Å². The van der Waals surface area contributed by atoms with Crippen molar-refractivity contribution in [3.05, 3.63) is 47.7 Å². The molecule has 98 valence electrons. The van der Waals surface area contributed by atoms with E-state index in [4.69, 9.17) is 0 Å². The van der Waals surface area contributed by atoms with Gasteiger partial charge in [-0.15, -0.1) is 0 Å². The monoisotopic (exact) mass is 258 g/mol. The highest BCUT2D eigenvalue weighted by molar-refractivity contribution is 5.75. The lowest BCUT2D eigenvalue weighted by molar-refractivity contribution is -0.117. The highest BCUT2D eigenvalue weighted by atomic mass is 19.1. The lowest BCUT2D eigenvalue weighted by Gasteiger charge is -2.05. The Bertz CT molecular complexity index is 611. The van der Waals surface area contributed by atoms with Gasteiger partial charge in [-0.3, -0.25) is 0 Å². The molecule has 0 atom stereocenters. The average Bonchev–Trinajstić information content (AvgIpc) is 2.40. The van der Waals surface area contributed by atoms with Gasteiger partial charge in [0.05, 0.1) is 5.69 Å². The van der Waals surface area contributed by atoms with Crippen LogP contribution >= 0.6 is 0 Å². The van der Waals surface area contributed by atoms with E-state index in [0.29, 0.717) is 24.2 Å². The summed E-state index contributed by atoms with van der Waals surface area (Å²) in [4.78, 5) is 19.5. The molecule has 1 heterocycles. The first-order chi connectivity index (χ1) is 9.06. The fourth-order valence-electron chi connectivity index (χ4n) is 1.77. The molecular formula is C15H15FN2O. The van der Waals surface area contributed by atoms with Gasteiger partial charge in [-0.25, -0.2) is 14.4 Å². The molecule has 1 aromatic heterocycles. The van der Waals surface area contributed by atoms with Crippen molar-refractivity contribution in [2.24, 2.45) is 0 Å². The molecule has 0 N–H and O–H groups in total. The third-order valence-electron chi connectivity index (χ3n) is 2.86. The number of aryl methyl sites for hydroxylation is 2. The zero-order chi connectivity index (χ0) is 13.8. The van der Waals surface area contributed by atoms with Gasteiger partial charge in [0.1, 0.15) is 17.4 Å². The van der Waals surface area contributed by atoms with Crippen LogP contribution in [0.3, 0.4) is 0 Å². The van der Waals surface area contributed by atoms with E-state index in [9.17, 15) is 9.18 Å². The number of ketones is 1. The molecule has 0 saturated heterocycles. The van der Waals surface area contributed by atoms with Crippen LogP contribution < -0.4 is 0 Å². The Morgan fingerprint density at radius 1 is 1.32 bits per heavy atom. The number of rotatable bonds is 4. The Hall–Kier alpha value is -2.10. The fourth-order valence-corrected chi connectivity index (χ4v) is 1.77. The third-order valence-corrected chi connectivity index (χ3v) is 2.86. The van der Waals surface area contributed by atoms with Crippen LogP contribution in [0.15, 0.2) is 30.5 Å². The van der Waals surface area contributed by atoms with Crippen molar-refractivity contribution >= 4 is 5.78 Å². The van der Waals surface area contributed by atoms with Crippen LogP contribution in [0.5, 0.6) is 0 Å². The molecule has 4 heteroatoms. The van der Waals surface area contributed by atoms with Gasteiger partial charge in [0.25, 0.3) is 0 Å².